The first-order chi connectivity index (χ1) is 12.3. The van der Waals surface area contributed by atoms with Crippen LogP contribution in [0.25, 0.3) is 0 Å². The average Bonchev–Trinajstić information content (AvgIpc) is 2.65. The second kappa shape index (κ2) is 7.77. The van der Waals surface area contributed by atoms with Crippen molar-refractivity contribution >= 4 is 38.9 Å². The van der Waals surface area contributed by atoms with Gasteiger partial charge in [0.05, 0.1) is 5.02 Å². The van der Waals surface area contributed by atoms with Gasteiger partial charge in [-0.05, 0) is 48.7 Å². The molecule has 1 heterocycles. The predicted molar refractivity (Wildman–Crippen MR) is 108 cm³/mol. The highest BCUT2D eigenvalue weighted by atomic mass is 35.5. The van der Waals surface area contributed by atoms with Crippen LogP contribution in [0.2, 0.25) is 10.0 Å². The fourth-order valence-corrected chi connectivity index (χ4v) is 5.33. The van der Waals surface area contributed by atoms with Crippen molar-refractivity contribution in [3.05, 3.63) is 57.6 Å². The van der Waals surface area contributed by atoms with E-state index < -0.39 is 10.0 Å². The molecule has 2 aromatic rings. The van der Waals surface area contributed by atoms with Crippen molar-refractivity contribution in [3.63, 3.8) is 0 Å². The Morgan fingerprint density at radius 2 is 1.58 bits per heavy atom. The molecule has 1 aliphatic rings. The molecule has 3 rings (SSSR count). The van der Waals surface area contributed by atoms with E-state index in [4.69, 9.17) is 23.2 Å². The molecule has 0 amide bonds. The Labute approximate surface area is 165 Å². The summed E-state index contributed by atoms with van der Waals surface area (Å²) in [5.74, 6) is 0. The van der Waals surface area contributed by atoms with Crippen LogP contribution in [0.1, 0.15) is 18.1 Å². The first-order valence-electron chi connectivity index (χ1n) is 8.62. The lowest BCUT2D eigenvalue weighted by Gasteiger charge is -2.35. The third-order valence-electron chi connectivity index (χ3n) is 4.78. The molecule has 0 aliphatic carbocycles. The Hall–Kier alpha value is -1.27. The van der Waals surface area contributed by atoms with E-state index in [1.54, 1.807) is 13.0 Å². The molecule has 140 valence electrons. The summed E-state index contributed by atoms with van der Waals surface area (Å²) in [6, 6.07) is 11.5. The van der Waals surface area contributed by atoms with Crippen molar-refractivity contribution in [3.8, 4) is 0 Å². The topological polar surface area (TPSA) is 40.6 Å². The van der Waals surface area contributed by atoms with Gasteiger partial charge in [-0.25, -0.2) is 8.42 Å². The standard InChI is InChI=1S/C19H22Cl2N2O2S/c1-3-15-4-6-16(7-5-15)22-8-10-23(11-9-22)26(24,25)19-12-14(2)17(20)13-18(19)21/h4-7,12-13H,3,8-11H2,1-2H3. The zero-order valence-corrected chi connectivity index (χ0v) is 17.2. The van der Waals surface area contributed by atoms with Crippen molar-refractivity contribution in [2.75, 3.05) is 31.1 Å². The molecule has 26 heavy (non-hydrogen) atoms. The maximum absolute atomic E-state index is 13.0. The van der Waals surface area contributed by atoms with Crippen LogP contribution in [-0.4, -0.2) is 38.9 Å². The van der Waals surface area contributed by atoms with E-state index in [0.717, 1.165) is 12.1 Å². The highest BCUT2D eigenvalue weighted by Crippen LogP contribution is 2.31. The van der Waals surface area contributed by atoms with Crippen LogP contribution < -0.4 is 4.90 Å². The number of hydrogen-bond donors (Lipinski definition) is 0. The van der Waals surface area contributed by atoms with Crippen molar-refractivity contribution in [1.82, 2.24) is 4.31 Å². The van der Waals surface area contributed by atoms with Gasteiger partial charge in [-0.3, -0.25) is 0 Å². The molecule has 1 saturated heterocycles. The van der Waals surface area contributed by atoms with Crippen LogP contribution in [0, 0.1) is 6.92 Å². The van der Waals surface area contributed by atoms with Crippen LogP contribution in [0.5, 0.6) is 0 Å². The number of halogens is 2. The minimum absolute atomic E-state index is 0.127. The van der Waals surface area contributed by atoms with Gasteiger partial charge >= 0.3 is 0 Å². The highest BCUT2D eigenvalue weighted by Gasteiger charge is 2.30. The Kier molecular flexibility index (Phi) is 5.82. The molecule has 0 spiro atoms. The van der Waals surface area contributed by atoms with E-state index in [-0.39, 0.29) is 9.92 Å². The van der Waals surface area contributed by atoms with E-state index >= 15 is 0 Å². The fourth-order valence-electron chi connectivity index (χ4n) is 3.10. The minimum Gasteiger partial charge on any atom is -0.369 e. The van der Waals surface area contributed by atoms with Gasteiger partial charge in [-0.1, -0.05) is 42.3 Å². The molecule has 2 aromatic carbocycles. The Bertz CT molecular complexity index is 891. The van der Waals surface area contributed by atoms with E-state index in [1.165, 1.54) is 15.9 Å². The number of sulfonamides is 1. The molecule has 1 aliphatic heterocycles. The van der Waals surface area contributed by atoms with Gasteiger partial charge in [0.1, 0.15) is 4.90 Å². The molecule has 0 unspecified atom stereocenters. The van der Waals surface area contributed by atoms with Crippen molar-refractivity contribution in [2.24, 2.45) is 0 Å². The Morgan fingerprint density at radius 3 is 2.15 bits per heavy atom. The quantitative estimate of drug-likeness (QED) is 0.747. The first kappa shape index (κ1) is 19.5. The number of nitrogens with zero attached hydrogens (tertiary/aromatic N) is 2. The lowest BCUT2D eigenvalue weighted by Crippen LogP contribution is -2.48. The summed E-state index contributed by atoms with van der Waals surface area (Å²) in [5, 5.41) is 0.632. The summed E-state index contributed by atoms with van der Waals surface area (Å²) in [6.45, 7) is 6.05. The van der Waals surface area contributed by atoms with Crippen molar-refractivity contribution in [2.45, 2.75) is 25.2 Å². The van der Waals surface area contributed by atoms with Crippen LogP contribution in [0.4, 0.5) is 5.69 Å². The van der Waals surface area contributed by atoms with E-state index in [1.807, 2.05) is 0 Å². The van der Waals surface area contributed by atoms with E-state index in [9.17, 15) is 8.42 Å². The highest BCUT2D eigenvalue weighted by molar-refractivity contribution is 7.89. The monoisotopic (exact) mass is 412 g/mol. The molecule has 0 radical (unpaired) electrons. The SMILES string of the molecule is CCc1ccc(N2CCN(S(=O)(=O)c3cc(C)c(Cl)cc3Cl)CC2)cc1. The Balaban J connectivity index is 1.75. The van der Waals surface area contributed by atoms with Crippen molar-refractivity contribution in [1.29, 1.82) is 0 Å². The van der Waals surface area contributed by atoms with Crippen LogP contribution in [0.15, 0.2) is 41.3 Å². The van der Waals surface area contributed by atoms with Gasteiger partial charge in [-0.2, -0.15) is 4.31 Å². The van der Waals surface area contributed by atoms with Crippen LogP contribution in [-0.2, 0) is 16.4 Å². The smallest absolute Gasteiger partial charge is 0.244 e. The largest absolute Gasteiger partial charge is 0.369 e. The van der Waals surface area contributed by atoms with Gasteiger partial charge in [-0.15, -0.1) is 0 Å². The molecule has 0 aromatic heterocycles. The summed E-state index contributed by atoms with van der Waals surface area (Å²) in [5.41, 5.74) is 3.12. The van der Waals surface area contributed by atoms with Gasteiger partial charge in [0.15, 0.2) is 0 Å². The van der Waals surface area contributed by atoms with Crippen molar-refractivity contribution < 1.29 is 8.42 Å². The summed E-state index contributed by atoms with van der Waals surface area (Å²) in [4.78, 5) is 2.34. The van der Waals surface area contributed by atoms with Crippen LogP contribution in [0.3, 0.4) is 0 Å². The summed E-state index contributed by atoms with van der Waals surface area (Å²) in [6.07, 6.45) is 1.01. The molecular weight excluding hydrogens is 391 g/mol. The summed E-state index contributed by atoms with van der Waals surface area (Å²) in [7, 11) is -3.63. The number of anilines is 1. The lowest BCUT2D eigenvalue weighted by atomic mass is 10.1. The number of benzene rings is 2. The zero-order valence-electron chi connectivity index (χ0n) is 14.9. The molecular formula is C19H22Cl2N2O2S. The number of piperazine rings is 1. The molecule has 0 bridgehead atoms. The molecule has 7 heteroatoms. The number of hydrogen-bond acceptors (Lipinski definition) is 3. The molecule has 4 nitrogen and oxygen atoms in total. The molecule has 0 saturated carbocycles. The predicted octanol–water partition coefficient (Wildman–Crippen LogP) is 4.38. The van der Waals surface area contributed by atoms with Gasteiger partial charge in [0.25, 0.3) is 0 Å². The van der Waals surface area contributed by atoms with Crippen LogP contribution >= 0.6 is 23.2 Å². The van der Waals surface area contributed by atoms with E-state index in [2.05, 4.69) is 36.1 Å². The normalized spacial score (nSPS) is 16.1. The van der Waals surface area contributed by atoms with E-state index in [0.29, 0.717) is 36.8 Å². The summed E-state index contributed by atoms with van der Waals surface area (Å²) < 4.78 is 27.5. The first-order valence-corrected chi connectivity index (χ1v) is 10.8. The maximum atomic E-state index is 13.0. The molecule has 1 fully saturated rings. The minimum atomic E-state index is -3.63. The summed E-state index contributed by atoms with van der Waals surface area (Å²) >= 11 is 12.2. The zero-order chi connectivity index (χ0) is 18.9. The average molecular weight is 413 g/mol. The maximum Gasteiger partial charge on any atom is 0.244 e. The van der Waals surface area contributed by atoms with Gasteiger partial charge < -0.3 is 4.90 Å². The fraction of sp³-hybridized carbons (Fsp3) is 0.368. The second-order valence-electron chi connectivity index (χ2n) is 6.44. The molecule has 0 N–H and O–H groups in total. The third-order valence-corrected chi connectivity index (χ3v) is 7.55. The van der Waals surface area contributed by atoms with Gasteiger partial charge in [0.2, 0.25) is 10.0 Å². The number of aryl methyl sites for hydroxylation is 2. The third kappa shape index (κ3) is 3.86. The lowest BCUT2D eigenvalue weighted by molar-refractivity contribution is 0.385. The number of rotatable bonds is 4. The Morgan fingerprint density at radius 1 is 0.962 bits per heavy atom. The second-order valence-corrected chi connectivity index (χ2v) is 9.16. The van der Waals surface area contributed by atoms with Gasteiger partial charge in [0, 0.05) is 36.9 Å². The molecule has 0 atom stereocenters.